The van der Waals surface area contributed by atoms with Crippen LogP contribution in [-0.4, -0.2) is 65.6 Å². The Hall–Kier alpha value is -1.84. The molecule has 1 aliphatic heterocycles. The van der Waals surface area contributed by atoms with Gasteiger partial charge in [0.2, 0.25) is 15.9 Å². The van der Waals surface area contributed by atoms with Crippen molar-refractivity contribution in [3.8, 4) is 11.5 Å². The van der Waals surface area contributed by atoms with Gasteiger partial charge in [-0.3, -0.25) is 4.79 Å². The lowest BCUT2D eigenvalue weighted by atomic mass is 9.97. The van der Waals surface area contributed by atoms with E-state index in [9.17, 15) is 13.2 Å². The number of ether oxygens (including phenoxy) is 2. The number of piperidine rings is 1. The van der Waals surface area contributed by atoms with E-state index in [1.807, 2.05) is 14.0 Å². The van der Waals surface area contributed by atoms with E-state index in [-0.39, 0.29) is 22.8 Å². The number of carbonyl (C=O) groups is 1. The normalized spacial score (nSPS) is 17.3. The molecule has 152 valence electrons. The number of carbonyl (C=O) groups excluding carboxylic acids is 1. The van der Waals surface area contributed by atoms with Crippen LogP contribution < -0.4 is 20.1 Å². The maximum absolute atomic E-state index is 12.9. The van der Waals surface area contributed by atoms with Crippen molar-refractivity contribution in [3.63, 3.8) is 0 Å². The Morgan fingerprint density at radius 2 is 1.85 bits per heavy atom. The number of rotatable bonds is 8. The largest absolute Gasteiger partial charge is 0.493 e. The van der Waals surface area contributed by atoms with Crippen LogP contribution in [-0.2, 0) is 14.8 Å². The third kappa shape index (κ3) is 5.12. The van der Waals surface area contributed by atoms with Crippen LogP contribution in [0.2, 0.25) is 0 Å². The van der Waals surface area contributed by atoms with Gasteiger partial charge in [-0.15, -0.1) is 0 Å². The van der Waals surface area contributed by atoms with E-state index >= 15 is 0 Å². The second-order valence-corrected chi connectivity index (χ2v) is 8.57. The van der Waals surface area contributed by atoms with Crippen molar-refractivity contribution in [2.75, 3.05) is 40.9 Å². The maximum atomic E-state index is 12.9. The first-order valence-electron chi connectivity index (χ1n) is 9.00. The Bertz CT molecular complexity index is 745. The van der Waals surface area contributed by atoms with E-state index in [2.05, 4.69) is 10.6 Å². The Morgan fingerprint density at radius 1 is 1.22 bits per heavy atom. The standard InChI is InChI=1S/C18H29N3O5S/c1-13(19-2)12-20-18(22)14-7-9-21(10-8-14)27(23,24)15-5-6-16(25-3)17(11-15)26-4/h5-6,11,13-14,19H,7-10,12H2,1-4H3,(H,20,22). The molecule has 1 saturated heterocycles. The highest BCUT2D eigenvalue weighted by Gasteiger charge is 2.32. The molecule has 27 heavy (non-hydrogen) atoms. The molecule has 1 fully saturated rings. The molecule has 0 aliphatic carbocycles. The monoisotopic (exact) mass is 399 g/mol. The number of hydrogen-bond acceptors (Lipinski definition) is 6. The topological polar surface area (TPSA) is 97.0 Å². The summed E-state index contributed by atoms with van der Waals surface area (Å²) in [5.41, 5.74) is 0. The van der Waals surface area contributed by atoms with Crippen LogP contribution >= 0.6 is 0 Å². The summed E-state index contributed by atoms with van der Waals surface area (Å²) in [6.07, 6.45) is 1.01. The summed E-state index contributed by atoms with van der Waals surface area (Å²) in [5.74, 6) is 0.667. The van der Waals surface area contributed by atoms with E-state index in [0.717, 1.165) is 0 Å². The average Bonchev–Trinajstić information content (AvgIpc) is 2.71. The molecule has 1 atom stereocenters. The minimum atomic E-state index is -3.64. The number of nitrogens with zero attached hydrogens (tertiary/aromatic N) is 1. The smallest absolute Gasteiger partial charge is 0.243 e. The van der Waals surface area contributed by atoms with Gasteiger partial charge in [-0.2, -0.15) is 4.31 Å². The molecule has 8 nitrogen and oxygen atoms in total. The molecule has 1 amide bonds. The summed E-state index contributed by atoms with van der Waals surface area (Å²) in [4.78, 5) is 12.4. The van der Waals surface area contributed by atoms with Gasteiger partial charge < -0.3 is 20.1 Å². The lowest BCUT2D eigenvalue weighted by molar-refractivity contribution is -0.126. The third-order valence-corrected chi connectivity index (χ3v) is 6.79. The van der Waals surface area contributed by atoms with Gasteiger partial charge in [-0.25, -0.2) is 8.42 Å². The van der Waals surface area contributed by atoms with Crippen molar-refractivity contribution < 1.29 is 22.7 Å². The molecular formula is C18H29N3O5S. The molecule has 1 aliphatic rings. The van der Waals surface area contributed by atoms with Crippen LogP contribution in [0, 0.1) is 5.92 Å². The molecule has 1 unspecified atom stereocenters. The lowest BCUT2D eigenvalue weighted by Crippen LogP contribution is -2.45. The number of nitrogens with one attached hydrogen (secondary N) is 2. The van der Waals surface area contributed by atoms with Crippen LogP contribution in [0.4, 0.5) is 0 Å². The molecule has 2 rings (SSSR count). The first-order chi connectivity index (χ1) is 12.8. The molecule has 1 aromatic rings. The lowest BCUT2D eigenvalue weighted by Gasteiger charge is -2.30. The predicted molar refractivity (Wildman–Crippen MR) is 103 cm³/mol. The van der Waals surface area contributed by atoms with E-state index in [1.165, 1.54) is 30.7 Å². The minimum Gasteiger partial charge on any atom is -0.493 e. The first-order valence-corrected chi connectivity index (χ1v) is 10.4. The number of benzene rings is 1. The van der Waals surface area contributed by atoms with Crippen molar-refractivity contribution in [1.82, 2.24) is 14.9 Å². The van der Waals surface area contributed by atoms with Gasteiger partial charge in [0.05, 0.1) is 19.1 Å². The van der Waals surface area contributed by atoms with E-state index in [0.29, 0.717) is 44.0 Å². The van der Waals surface area contributed by atoms with Crippen molar-refractivity contribution in [1.29, 1.82) is 0 Å². The highest BCUT2D eigenvalue weighted by Crippen LogP contribution is 2.31. The summed E-state index contributed by atoms with van der Waals surface area (Å²) < 4.78 is 37.6. The number of sulfonamides is 1. The molecule has 0 radical (unpaired) electrons. The van der Waals surface area contributed by atoms with Gasteiger partial charge in [0.25, 0.3) is 0 Å². The Morgan fingerprint density at radius 3 is 2.41 bits per heavy atom. The number of likely N-dealkylation sites (N-methyl/N-ethyl adjacent to an activating group) is 1. The minimum absolute atomic E-state index is 0.0136. The van der Waals surface area contributed by atoms with Crippen molar-refractivity contribution in [3.05, 3.63) is 18.2 Å². The van der Waals surface area contributed by atoms with Crippen LogP contribution in [0.25, 0.3) is 0 Å². The van der Waals surface area contributed by atoms with Gasteiger partial charge in [0.1, 0.15) is 0 Å². The summed E-state index contributed by atoms with van der Waals surface area (Å²) in [6.45, 7) is 3.17. The average molecular weight is 400 g/mol. The van der Waals surface area contributed by atoms with Crippen molar-refractivity contribution in [2.24, 2.45) is 5.92 Å². The van der Waals surface area contributed by atoms with Gasteiger partial charge in [-0.1, -0.05) is 0 Å². The number of amides is 1. The molecule has 0 aromatic heterocycles. The quantitative estimate of drug-likeness (QED) is 0.672. The van der Waals surface area contributed by atoms with Gasteiger partial charge in [-0.05, 0) is 38.9 Å². The molecule has 1 heterocycles. The predicted octanol–water partition coefficient (Wildman–Crippen LogP) is 0.829. The summed E-state index contributed by atoms with van der Waals surface area (Å²) in [5, 5.41) is 5.98. The zero-order chi connectivity index (χ0) is 20.0. The van der Waals surface area contributed by atoms with Crippen LogP contribution in [0.15, 0.2) is 23.1 Å². The zero-order valence-corrected chi connectivity index (χ0v) is 17.1. The van der Waals surface area contributed by atoms with Crippen molar-refractivity contribution >= 4 is 15.9 Å². The fraction of sp³-hybridized carbons (Fsp3) is 0.611. The van der Waals surface area contributed by atoms with Crippen LogP contribution in [0.5, 0.6) is 11.5 Å². The fourth-order valence-electron chi connectivity index (χ4n) is 2.98. The molecule has 2 N–H and O–H groups in total. The van der Waals surface area contributed by atoms with E-state index in [4.69, 9.17) is 9.47 Å². The maximum Gasteiger partial charge on any atom is 0.243 e. The molecule has 0 saturated carbocycles. The summed E-state index contributed by atoms with van der Waals surface area (Å²) in [6, 6.07) is 4.75. The Labute approximate surface area is 161 Å². The molecular weight excluding hydrogens is 370 g/mol. The molecule has 0 spiro atoms. The summed E-state index contributed by atoms with van der Waals surface area (Å²) in [7, 11) is 1.16. The second kappa shape index (κ2) is 9.38. The van der Waals surface area contributed by atoms with Crippen LogP contribution in [0.3, 0.4) is 0 Å². The fourth-order valence-corrected chi connectivity index (χ4v) is 4.47. The molecule has 0 bridgehead atoms. The van der Waals surface area contributed by atoms with E-state index < -0.39 is 10.0 Å². The second-order valence-electron chi connectivity index (χ2n) is 6.63. The van der Waals surface area contributed by atoms with Crippen molar-refractivity contribution in [2.45, 2.75) is 30.7 Å². The summed E-state index contributed by atoms with van der Waals surface area (Å²) >= 11 is 0. The highest BCUT2D eigenvalue weighted by molar-refractivity contribution is 7.89. The van der Waals surface area contributed by atoms with Gasteiger partial charge in [0, 0.05) is 37.7 Å². The van der Waals surface area contributed by atoms with E-state index in [1.54, 1.807) is 6.07 Å². The number of hydrogen-bond donors (Lipinski definition) is 2. The van der Waals surface area contributed by atoms with Crippen LogP contribution in [0.1, 0.15) is 19.8 Å². The van der Waals surface area contributed by atoms with Gasteiger partial charge in [0.15, 0.2) is 11.5 Å². The first kappa shape index (κ1) is 21.5. The zero-order valence-electron chi connectivity index (χ0n) is 16.3. The molecule has 9 heteroatoms. The SMILES string of the molecule is CNC(C)CNC(=O)C1CCN(S(=O)(=O)c2ccc(OC)c(OC)c2)CC1. The number of methoxy groups -OCH3 is 2. The Balaban J connectivity index is 2.01. The third-order valence-electron chi connectivity index (χ3n) is 4.89. The molecule has 1 aromatic carbocycles. The Kier molecular flexibility index (Phi) is 7.46. The van der Waals surface area contributed by atoms with Gasteiger partial charge >= 0.3 is 0 Å². The highest BCUT2D eigenvalue weighted by atomic mass is 32.2.